The van der Waals surface area contributed by atoms with Crippen molar-refractivity contribution in [2.24, 2.45) is 5.73 Å². The summed E-state index contributed by atoms with van der Waals surface area (Å²) in [5.74, 6) is -0.215. The third kappa shape index (κ3) is 3.08. The van der Waals surface area contributed by atoms with Crippen LogP contribution in [0, 0.1) is 10.1 Å². The number of nitro groups is 1. The molecule has 1 amide bonds. The molecule has 0 radical (unpaired) electrons. The molecule has 0 aromatic heterocycles. The molecule has 2 aliphatic rings. The van der Waals surface area contributed by atoms with Crippen LogP contribution in [0.15, 0.2) is 24.3 Å². The first-order valence-corrected chi connectivity index (χ1v) is 8.57. The van der Waals surface area contributed by atoms with Crippen LogP contribution < -0.4 is 10.6 Å². The van der Waals surface area contributed by atoms with Crippen LogP contribution in [0.25, 0.3) is 0 Å². The summed E-state index contributed by atoms with van der Waals surface area (Å²) >= 11 is 0. The van der Waals surface area contributed by atoms with Gasteiger partial charge in [0, 0.05) is 30.9 Å². The molecule has 3 rings (SSSR count). The quantitative estimate of drug-likeness (QED) is 0.671. The second kappa shape index (κ2) is 6.76. The van der Waals surface area contributed by atoms with Gasteiger partial charge in [0.1, 0.15) is 5.54 Å². The molecule has 2 N–H and O–H groups in total. The molecule has 0 atom stereocenters. The van der Waals surface area contributed by atoms with Gasteiger partial charge in [-0.1, -0.05) is 6.42 Å². The highest BCUT2D eigenvalue weighted by molar-refractivity contribution is 5.85. The van der Waals surface area contributed by atoms with Crippen LogP contribution in [-0.2, 0) is 4.79 Å². The highest BCUT2D eigenvalue weighted by Crippen LogP contribution is 2.33. The Balaban J connectivity index is 1.70. The Labute approximate surface area is 141 Å². The molecule has 1 aromatic carbocycles. The van der Waals surface area contributed by atoms with Gasteiger partial charge in [0.2, 0.25) is 5.91 Å². The number of nitrogens with two attached hydrogens (primary N) is 1. The second-order valence-corrected chi connectivity index (χ2v) is 6.70. The number of hydrogen-bond donors (Lipinski definition) is 1. The van der Waals surface area contributed by atoms with E-state index >= 15 is 0 Å². The minimum absolute atomic E-state index is 0.0931. The maximum absolute atomic E-state index is 12.2. The summed E-state index contributed by atoms with van der Waals surface area (Å²) in [6.45, 7) is 3.36. The van der Waals surface area contributed by atoms with E-state index in [0.717, 1.165) is 44.7 Å². The van der Waals surface area contributed by atoms with Gasteiger partial charge in [0.25, 0.3) is 5.69 Å². The largest absolute Gasteiger partial charge is 0.371 e. The fourth-order valence-electron chi connectivity index (χ4n) is 3.96. The van der Waals surface area contributed by atoms with Crippen molar-refractivity contribution in [1.29, 1.82) is 0 Å². The topological polar surface area (TPSA) is 92.7 Å². The van der Waals surface area contributed by atoms with E-state index < -0.39 is 10.5 Å². The summed E-state index contributed by atoms with van der Waals surface area (Å²) in [4.78, 5) is 27.0. The molecule has 0 aliphatic carbocycles. The van der Waals surface area contributed by atoms with E-state index in [1.807, 2.05) is 0 Å². The van der Waals surface area contributed by atoms with Crippen LogP contribution in [0.4, 0.5) is 11.4 Å². The fraction of sp³-hybridized carbons (Fsp3) is 0.588. The zero-order valence-electron chi connectivity index (χ0n) is 13.8. The van der Waals surface area contributed by atoms with Gasteiger partial charge in [-0.15, -0.1) is 0 Å². The van der Waals surface area contributed by atoms with Crippen LogP contribution in [0.5, 0.6) is 0 Å². The molecule has 0 unspecified atom stereocenters. The predicted molar refractivity (Wildman–Crippen MR) is 91.9 cm³/mol. The number of hydrogen-bond acceptors (Lipinski definition) is 5. The first kappa shape index (κ1) is 16.7. The standard InChI is InChI=1S/C17H24N4O3/c18-16(22)17(20-10-2-1-3-11-20)8-12-19(13-9-17)14-4-6-15(7-5-14)21(23)24/h4-7H,1-3,8-13H2,(H2,18,22). The predicted octanol–water partition coefficient (Wildman–Crippen LogP) is 1.90. The summed E-state index contributed by atoms with van der Waals surface area (Å²) in [5, 5.41) is 10.8. The molecule has 2 fully saturated rings. The number of piperidine rings is 2. The number of carbonyl (C=O) groups excluding carboxylic acids is 1. The van der Waals surface area contributed by atoms with Crippen LogP contribution in [0.2, 0.25) is 0 Å². The highest BCUT2D eigenvalue weighted by atomic mass is 16.6. The molecule has 7 nitrogen and oxygen atoms in total. The van der Waals surface area contributed by atoms with Gasteiger partial charge in [0.05, 0.1) is 4.92 Å². The van der Waals surface area contributed by atoms with Crippen LogP contribution in [0.3, 0.4) is 0 Å². The van der Waals surface area contributed by atoms with Crippen LogP contribution in [-0.4, -0.2) is 47.4 Å². The Kier molecular flexibility index (Phi) is 4.71. The monoisotopic (exact) mass is 332 g/mol. The first-order valence-electron chi connectivity index (χ1n) is 8.57. The van der Waals surface area contributed by atoms with Gasteiger partial charge in [-0.3, -0.25) is 19.8 Å². The maximum Gasteiger partial charge on any atom is 0.269 e. The van der Waals surface area contributed by atoms with Gasteiger partial charge < -0.3 is 10.6 Å². The van der Waals surface area contributed by atoms with Gasteiger partial charge >= 0.3 is 0 Å². The summed E-state index contributed by atoms with van der Waals surface area (Å²) in [6.07, 6.45) is 4.89. The number of nitrogens with zero attached hydrogens (tertiary/aromatic N) is 3. The molecule has 0 bridgehead atoms. The number of nitro benzene ring substituents is 1. The van der Waals surface area contributed by atoms with Crippen molar-refractivity contribution in [3.8, 4) is 0 Å². The number of benzene rings is 1. The number of rotatable bonds is 4. The lowest BCUT2D eigenvalue weighted by molar-refractivity contribution is -0.384. The number of anilines is 1. The Morgan fingerprint density at radius 3 is 2.12 bits per heavy atom. The Morgan fingerprint density at radius 2 is 1.62 bits per heavy atom. The zero-order valence-corrected chi connectivity index (χ0v) is 13.8. The van der Waals surface area contributed by atoms with Gasteiger partial charge in [-0.2, -0.15) is 0 Å². The number of primary amides is 1. The van der Waals surface area contributed by atoms with E-state index in [1.54, 1.807) is 12.1 Å². The molecule has 2 saturated heterocycles. The highest BCUT2D eigenvalue weighted by Gasteiger charge is 2.45. The SMILES string of the molecule is NC(=O)C1(N2CCCCC2)CCN(c2ccc([N+](=O)[O-])cc2)CC1. The molecule has 24 heavy (non-hydrogen) atoms. The van der Waals surface area contributed by atoms with Crippen molar-refractivity contribution in [2.45, 2.75) is 37.6 Å². The summed E-state index contributed by atoms with van der Waals surface area (Å²) in [7, 11) is 0. The molecule has 0 spiro atoms. The number of likely N-dealkylation sites (tertiary alicyclic amines) is 1. The normalized spacial score (nSPS) is 21.4. The smallest absolute Gasteiger partial charge is 0.269 e. The third-order valence-corrected chi connectivity index (χ3v) is 5.44. The number of non-ortho nitro benzene ring substituents is 1. The maximum atomic E-state index is 12.2. The molecular weight excluding hydrogens is 308 g/mol. The van der Waals surface area contributed by atoms with E-state index in [4.69, 9.17) is 5.73 Å². The number of amides is 1. The lowest BCUT2D eigenvalue weighted by atomic mass is 9.83. The van der Waals surface area contributed by atoms with Crippen molar-refractivity contribution in [3.05, 3.63) is 34.4 Å². The minimum Gasteiger partial charge on any atom is -0.371 e. The third-order valence-electron chi connectivity index (χ3n) is 5.44. The van der Waals surface area contributed by atoms with Crippen molar-refractivity contribution in [2.75, 3.05) is 31.1 Å². The van der Waals surface area contributed by atoms with Gasteiger partial charge in [-0.25, -0.2) is 0 Å². The van der Waals surface area contributed by atoms with Crippen molar-refractivity contribution >= 4 is 17.3 Å². The van der Waals surface area contributed by atoms with Crippen molar-refractivity contribution in [3.63, 3.8) is 0 Å². The minimum atomic E-state index is -0.530. The molecule has 7 heteroatoms. The fourth-order valence-corrected chi connectivity index (χ4v) is 3.96. The molecular formula is C17H24N4O3. The zero-order chi connectivity index (χ0) is 17.2. The van der Waals surface area contributed by atoms with Crippen molar-refractivity contribution < 1.29 is 9.72 Å². The summed E-state index contributed by atoms with van der Waals surface area (Å²) in [6, 6.07) is 6.60. The van der Waals surface area contributed by atoms with E-state index in [1.165, 1.54) is 18.6 Å². The molecule has 1 aromatic rings. The van der Waals surface area contributed by atoms with E-state index in [0.29, 0.717) is 12.8 Å². The lowest BCUT2D eigenvalue weighted by Gasteiger charge is -2.48. The molecule has 130 valence electrons. The van der Waals surface area contributed by atoms with Gasteiger partial charge in [0.15, 0.2) is 0 Å². The summed E-state index contributed by atoms with van der Waals surface area (Å²) in [5.41, 5.74) is 6.32. The second-order valence-electron chi connectivity index (χ2n) is 6.70. The van der Waals surface area contributed by atoms with Crippen LogP contribution in [0.1, 0.15) is 32.1 Å². The van der Waals surface area contributed by atoms with E-state index in [9.17, 15) is 14.9 Å². The Morgan fingerprint density at radius 1 is 1.04 bits per heavy atom. The Hall–Kier alpha value is -2.15. The molecule has 2 aliphatic heterocycles. The van der Waals surface area contributed by atoms with E-state index in [2.05, 4.69) is 9.80 Å². The van der Waals surface area contributed by atoms with Crippen molar-refractivity contribution in [1.82, 2.24) is 4.90 Å². The van der Waals surface area contributed by atoms with Crippen LogP contribution >= 0.6 is 0 Å². The average Bonchev–Trinajstić information content (AvgIpc) is 2.62. The summed E-state index contributed by atoms with van der Waals surface area (Å²) < 4.78 is 0. The molecule has 0 saturated carbocycles. The lowest BCUT2D eigenvalue weighted by Crippen LogP contribution is -2.63. The van der Waals surface area contributed by atoms with Gasteiger partial charge in [-0.05, 0) is 50.9 Å². The first-order chi connectivity index (χ1) is 11.5. The molecule has 2 heterocycles. The average molecular weight is 332 g/mol. The number of carbonyl (C=O) groups is 1. The van der Waals surface area contributed by atoms with E-state index in [-0.39, 0.29) is 11.6 Å². The Bertz CT molecular complexity index is 603.